The van der Waals surface area contributed by atoms with Crippen LogP contribution in [-0.2, 0) is 9.31 Å². The van der Waals surface area contributed by atoms with E-state index in [1.54, 1.807) is 18.5 Å². The molecule has 0 atom stereocenters. The van der Waals surface area contributed by atoms with E-state index in [0.29, 0.717) is 17.7 Å². The van der Waals surface area contributed by atoms with Crippen molar-refractivity contribution in [2.75, 3.05) is 11.5 Å². The Hall–Kier alpha value is -5.84. The molecule has 0 saturated carbocycles. The molecule has 9 rings (SSSR count). The standard InChI is InChI=1S/C18H18N6.C13H13BrN4.C11H17BN2O2/c1-11(2)24-10-15(12-3-5-20-16(19)8-12)17(23-24)14-7-13-4-6-21-18(13)22-9-14;1-8(2)18-7-11(14)12(17-18)10-5-9-3-4-15-13(9)16-6-10;1-10(2)11(3,4)16-12(15-10)8-5-6-14-9(13)7-8/h3-11H,1-2H3,(H2,19,20)(H,21,22);3-8H,1-2H3,(H,15,16);5-7H,1-4H3,(H2,13,14). The Bertz CT molecular complexity index is 2660. The number of nitrogens with two attached hydrogens (primary N) is 2. The van der Waals surface area contributed by atoms with E-state index in [4.69, 9.17) is 25.9 Å². The molecule has 58 heavy (non-hydrogen) atoms. The minimum Gasteiger partial charge on any atom is -0.399 e. The molecule has 16 heteroatoms. The molecule has 298 valence electrons. The zero-order chi connectivity index (χ0) is 41.4. The summed E-state index contributed by atoms with van der Waals surface area (Å²) in [5.74, 6) is 0.974. The fraction of sp³-hybridized carbons (Fsp3) is 0.286. The first-order chi connectivity index (χ1) is 27.6. The van der Waals surface area contributed by atoms with Crippen molar-refractivity contribution in [1.82, 2.24) is 49.5 Å². The van der Waals surface area contributed by atoms with Crippen molar-refractivity contribution >= 4 is 62.2 Å². The second kappa shape index (κ2) is 16.2. The topological polar surface area (TPSA) is 189 Å². The molecule has 6 N–H and O–H groups in total. The molecule has 9 heterocycles. The van der Waals surface area contributed by atoms with E-state index in [1.165, 1.54) is 0 Å². The summed E-state index contributed by atoms with van der Waals surface area (Å²) in [5.41, 5.74) is 19.4. The van der Waals surface area contributed by atoms with Crippen LogP contribution >= 0.6 is 15.9 Å². The molecule has 1 saturated heterocycles. The Morgan fingerprint density at radius 3 is 1.71 bits per heavy atom. The normalized spacial score (nSPS) is 14.5. The summed E-state index contributed by atoms with van der Waals surface area (Å²) in [6.07, 6.45) is 14.9. The van der Waals surface area contributed by atoms with Crippen LogP contribution in [0.3, 0.4) is 0 Å². The molecule has 8 aromatic rings. The second-order valence-electron chi connectivity index (χ2n) is 15.7. The molecule has 0 bridgehead atoms. The number of nitrogen functional groups attached to an aromatic ring is 2. The molecule has 14 nitrogen and oxygen atoms in total. The number of nitrogens with zero attached hydrogens (tertiary/aromatic N) is 8. The third-order valence-corrected chi connectivity index (χ3v) is 10.8. The van der Waals surface area contributed by atoms with Gasteiger partial charge in [-0.25, -0.2) is 19.9 Å². The molecule has 0 unspecified atom stereocenters. The van der Waals surface area contributed by atoms with Crippen LogP contribution in [0.4, 0.5) is 11.6 Å². The number of pyridine rings is 4. The number of hydrogen-bond acceptors (Lipinski definition) is 10. The van der Waals surface area contributed by atoms with Gasteiger partial charge in [0, 0.05) is 89.1 Å². The van der Waals surface area contributed by atoms with Crippen molar-refractivity contribution < 1.29 is 9.31 Å². The van der Waals surface area contributed by atoms with Crippen molar-refractivity contribution in [3.63, 3.8) is 0 Å². The van der Waals surface area contributed by atoms with Crippen molar-refractivity contribution in [1.29, 1.82) is 0 Å². The second-order valence-corrected chi connectivity index (χ2v) is 16.6. The lowest BCUT2D eigenvalue weighted by atomic mass is 9.80. The van der Waals surface area contributed by atoms with Gasteiger partial charge in [-0.05, 0) is 131 Å². The zero-order valence-electron chi connectivity index (χ0n) is 33.9. The molecule has 0 radical (unpaired) electrons. The smallest absolute Gasteiger partial charge is 0.399 e. The Kier molecular flexibility index (Phi) is 11.3. The van der Waals surface area contributed by atoms with E-state index >= 15 is 0 Å². The van der Waals surface area contributed by atoms with Crippen molar-refractivity contribution in [3.05, 3.63) is 103 Å². The summed E-state index contributed by atoms with van der Waals surface area (Å²) < 4.78 is 16.7. The van der Waals surface area contributed by atoms with Crippen LogP contribution in [-0.4, -0.2) is 67.8 Å². The lowest BCUT2D eigenvalue weighted by Crippen LogP contribution is -2.41. The van der Waals surface area contributed by atoms with Gasteiger partial charge < -0.3 is 30.7 Å². The van der Waals surface area contributed by atoms with Crippen molar-refractivity contribution in [3.8, 4) is 33.6 Å². The van der Waals surface area contributed by atoms with Crippen molar-refractivity contribution in [2.24, 2.45) is 0 Å². The number of H-pyrrole nitrogens is 2. The minimum absolute atomic E-state index is 0.264. The van der Waals surface area contributed by atoms with E-state index in [-0.39, 0.29) is 24.4 Å². The van der Waals surface area contributed by atoms with Gasteiger partial charge in [-0.2, -0.15) is 10.2 Å². The van der Waals surface area contributed by atoms with Gasteiger partial charge in [-0.15, -0.1) is 0 Å². The van der Waals surface area contributed by atoms with E-state index in [2.05, 4.69) is 97.0 Å². The fourth-order valence-electron chi connectivity index (χ4n) is 6.26. The molecule has 1 aliphatic rings. The molecular weight excluding hydrogens is 795 g/mol. The van der Waals surface area contributed by atoms with Crippen LogP contribution in [0.15, 0.2) is 103 Å². The molecule has 0 amide bonds. The van der Waals surface area contributed by atoms with E-state index in [1.807, 2.05) is 98.4 Å². The fourth-order valence-corrected chi connectivity index (χ4v) is 6.77. The van der Waals surface area contributed by atoms with Gasteiger partial charge in [0.2, 0.25) is 0 Å². The number of aromatic amines is 2. The van der Waals surface area contributed by atoms with E-state index in [0.717, 1.165) is 65.6 Å². The molecule has 1 aliphatic heterocycles. The highest BCUT2D eigenvalue weighted by atomic mass is 79.9. The Morgan fingerprint density at radius 1 is 0.655 bits per heavy atom. The van der Waals surface area contributed by atoms with Gasteiger partial charge in [0.25, 0.3) is 0 Å². The van der Waals surface area contributed by atoms with Crippen LogP contribution < -0.4 is 16.9 Å². The number of hydrogen-bond donors (Lipinski definition) is 4. The van der Waals surface area contributed by atoms with E-state index in [9.17, 15) is 0 Å². The lowest BCUT2D eigenvalue weighted by Gasteiger charge is -2.32. The van der Waals surface area contributed by atoms with Crippen LogP contribution in [0.25, 0.3) is 55.7 Å². The Balaban J connectivity index is 0.000000136. The Morgan fingerprint density at radius 2 is 1.17 bits per heavy atom. The first-order valence-corrected chi connectivity index (χ1v) is 19.9. The minimum atomic E-state index is -0.365. The summed E-state index contributed by atoms with van der Waals surface area (Å²) in [6.45, 7) is 16.5. The van der Waals surface area contributed by atoms with Gasteiger partial charge in [-0.1, -0.05) is 0 Å². The number of fused-ring (bicyclic) bond motifs is 2. The summed E-state index contributed by atoms with van der Waals surface area (Å²) in [6, 6.07) is 16.3. The van der Waals surface area contributed by atoms with Gasteiger partial charge in [0.05, 0.1) is 15.7 Å². The quantitative estimate of drug-likeness (QED) is 0.118. The maximum Gasteiger partial charge on any atom is 0.495 e. The summed E-state index contributed by atoms with van der Waals surface area (Å²) in [5, 5.41) is 11.5. The van der Waals surface area contributed by atoms with Gasteiger partial charge in [0.15, 0.2) is 0 Å². The predicted octanol–water partition coefficient (Wildman–Crippen LogP) is 8.38. The molecular formula is C42H48BBrN12O2. The third kappa shape index (κ3) is 8.54. The number of nitrogens with one attached hydrogen (secondary N) is 2. The SMILES string of the molecule is CC(C)n1cc(-c2ccnc(N)c2)c(-c2cnc3[nH]ccc3c2)n1.CC(C)n1cc(Br)c(-c2cnc3[nH]ccc3c2)n1.CC1(C)OB(c2ccnc(N)c2)OC1(C)C. The number of rotatable bonds is 6. The largest absolute Gasteiger partial charge is 0.495 e. The zero-order valence-corrected chi connectivity index (χ0v) is 35.5. The van der Waals surface area contributed by atoms with Crippen LogP contribution in [0.2, 0.25) is 0 Å². The van der Waals surface area contributed by atoms with Gasteiger partial charge >= 0.3 is 7.12 Å². The Labute approximate surface area is 346 Å². The molecule has 0 aliphatic carbocycles. The van der Waals surface area contributed by atoms with Gasteiger partial charge in [-0.3, -0.25) is 9.36 Å². The summed E-state index contributed by atoms with van der Waals surface area (Å²) in [4.78, 5) is 23.1. The highest BCUT2D eigenvalue weighted by molar-refractivity contribution is 9.10. The van der Waals surface area contributed by atoms with Crippen LogP contribution in [0, 0.1) is 0 Å². The van der Waals surface area contributed by atoms with Crippen LogP contribution in [0.5, 0.6) is 0 Å². The lowest BCUT2D eigenvalue weighted by molar-refractivity contribution is 0.00578. The average Bonchev–Trinajstić information content (AvgIpc) is 4.02. The first-order valence-electron chi connectivity index (χ1n) is 19.1. The van der Waals surface area contributed by atoms with Gasteiger partial charge in [0.1, 0.15) is 34.3 Å². The third-order valence-electron chi connectivity index (χ3n) is 10.2. The van der Waals surface area contributed by atoms with E-state index < -0.39 is 0 Å². The molecule has 8 aromatic heterocycles. The highest BCUT2D eigenvalue weighted by Gasteiger charge is 2.51. The predicted molar refractivity (Wildman–Crippen MR) is 235 cm³/mol. The molecule has 0 spiro atoms. The van der Waals surface area contributed by atoms with Crippen LogP contribution in [0.1, 0.15) is 67.5 Å². The number of aromatic nitrogens is 10. The highest BCUT2D eigenvalue weighted by Crippen LogP contribution is 2.37. The summed E-state index contributed by atoms with van der Waals surface area (Å²) >= 11 is 3.56. The first kappa shape index (κ1) is 40.4. The molecule has 0 aromatic carbocycles. The maximum absolute atomic E-state index is 5.90. The van der Waals surface area contributed by atoms with Crippen molar-refractivity contribution in [2.45, 2.75) is 78.7 Å². The average molecular weight is 844 g/mol. The number of halogens is 1. The number of anilines is 2. The summed E-state index contributed by atoms with van der Waals surface area (Å²) in [7, 11) is -0.365. The molecule has 1 fully saturated rings. The maximum atomic E-state index is 5.90. The monoisotopic (exact) mass is 842 g/mol.